The minimum absolute atomic E-state index is 0.487. The van der Waals surface area contributed by atoms with Gasteiger partial charge in [-0.3, -0.25) is 0 Å². The van der Waals surface area contributed by atoms with Gasteiger partial charge in [0.2, 0.25) is 0 Å². The fourth-order valence-corrected chi connectivity index (χ4v) is 3.17. The first-order valence-electron chi connectivity index (χ1n) is 8.66. The zero-order chi connectivity index (χ0) is 18.3. The molecule has 0 aliphatic heterocycles. The second-order valence-electron chi connectivity index (χ2n) is 6.89. The van der Waals surface area contributed by atoms with Crippen molar-refractivity contribution in [1.29, 1.82) is 5.41 Å². The van der Waals surface area contributed by atoms with E-state index in [-0.39, 0.29) is 0 Å². The zero-order valence-electron chi connectivity index (χ0n) is 15.8. The monoisotopic (exact) mass is 324 g/mol. The van der Waals surface area contributed by atoms with Crippen molar-refractivity contribution in [2.75, 3.05) is 0 Å². The third-order valence-corrected chi connectivity index (χ3v) is 4.68. The topological polar surface area (TPSA) is 49.9 Å². The van der Waals surface area contributed by atoms with Crippen LogP contribution in [0.2, 0.25) is 0 Å². The summed E-state index contributed by atoms with van der Waals surface area (Å²) < 4.78 is 0. The molecule has 0 saturated carbocycles. The molecular weight excluding hydrogens is 292 g/mol. The standard InChI is InChI=1S/C22H32N2/c1-7-8-17(5)22(12-19(13-23)14-24)18(6)20-10-9-16(4)11-21(20)15(2)3/h7-10,13-15,21,23H,6,11-12,24H2,1-5H3/b8-7-,19-14-,22-17-,23-13?. The van der Waals surface area contributed by atoms with Gasteiger partial charge >= 0.3 is 0 Å². The molecule has 1 aliphatic rings. The van der Waals surface area contributed by atoms with Gasteiger partial charge in [0.1, 0.15) is 0 Å². The highest BCUT2D eigenvalue weighted by Gasteiger charge is 2.25. The van der Waals surface area contributed by atoms with E-state index in [1.807, 2.05) is 13.0 Å². The van der Waals surface area contributed by atoms with E-state index in [4.69, 9.17) is 11.1 Å². The Morgan fingerprint density at radius 1 is 1.42 bits per heavy atom. The Balaban J connectivity index is 3.34. The second kappa shape index (κ2) is 9.27. The number of nitrogens with two attached hydrogens (primary N) is 1. The van der Waals surface area contributed by atoms with Crippen LogP contribution in [0.15, 0.2) is 70.5 Å². The van der Waals surface area contributed by atoms with Crippen LogP contribution in [0, 0.1) is 17.2 Å². The number of hydrogen-bond donors (Lipinski definition) is 2. The van der Waals surface area contributed by atoms with Crippen molar-refractivity contribution in [3.05, 3.63) is 70.5 Å². The van der Waals surface area contributed by atoms with E-state index < -0.39 is 0 Å². The Morgan fingerprint density at radius 3 is 2.58 bits per heavy atom. The maximum absolute atomic E-state index is 7.55. The molecule has 0 radical (unpaired) electrons. The van der Waals surface area contributed by atoms with Gasteiger partial charge in [-0.05, 0) is 73.1 Å². The Labute approximate surface area is 147 Å². The predicted molar refractivity (Wildman–Crippen MR) is 107 cm³/mol. The summed E-state index contributed by atoms with van der Waals surface area (Å²) in [6, 6.07) is 0. The number of rotatable bonds is 7. The summed E-state index contributed by atoms with van der Waals surface area (Å²) in [5.41, 5.74) is 12.6. The summed E-state index contributed by atoms with van der Waals surface area (Å²) >= 11 is 0. The van der Waals surface area contributed by atoms with Crippen molar-refractivity contribution in [1.82, 2.24) is 0 Å². The third-order valence-electron chi connectivity index (χ3n) is 4.68. The minimum Gasteiger partial charge on any atom is -0.404 e. The Morgan fingerprint density at radius 2 is 2.08 bits per heavy atom. The van der Waals surface area contributed by atoms with Gasteiger partial charge in [0.15, 0.2) is 0 Å². The van der Waals surface area contributed by atoms with Gasteiger partial charge in [-0.2, -0.15) is 0 Å². The van der Waals surface area contributed by atoms with Crippen molar-refractivity contribution >= 4 is 6.21 Å². The molecule has 0 aromatic heterocycles. The summed E-state index contributed by atoms with van der Waals surface area (Å²) in [5.74, 6) is 1.05. The Hall–Kier alpha value is -2.09. The quantitative estimate of drug-likeness (QED) is 0.447. The van der Waals surface area contributed by atoms with Crippen molar-refractivity contribution in [2.45, 2.75) is 47.5 Å². The molecule has 0 saturated heterocycles. The number of allylic oxidation sites excluding steroid dienone is 10. The van der Waals surface area contributed by atoms with Gasteiger partial charge in [0.25, 0.3) is 0 Å². The van der Waals surface area contributed by atoms with Crippen molar-refractivity contribution in [3.8, 4) is 0 Å². The number of hydrogen-bond acceptors (Lipinski definition) is 2. The fourth-order valence-electron chi connectivity index (χ4n) is 3.17. The third kappa shape index (κ3) is 4.95. The largest absolute Gasteiger partial charge is 0.404 e. The molecule has 0 bridgehead atoms. The van der Waals surface area contributed by atoms with E-state index in [0.29, 0.717) is 18.3 Å². The van der Waals surface area contributed by atoms with Crippen LogP contribution in [0.4, 0.5) is 0 Å². The van der Waals surface area contributed by atoms with Crippen LogP contribution in [0.1, 0.15) is 47.5 Å². The van der Waals surface area contributed by atoms with Gasteiger partial charge in [0, 0.05) is 12.6 Å². The molecule has 1 atom stereocenters. The smallest absolute Gasteiger partial charge is 0.0227 e. The van der Waals surface area contributed by atoms with Crippen LogP contribution < -0.4 is 5.73 Å². The van der Waals surface area contributed by atoms with Crippen LogP contribution in [0.25, 0.3) is 0 Å². The van der Waals surface area contributed by atoms with Crippen LogP contribution in [0.3, 0.4) is 0 Å². The lowest BCUT2D eigenvalue weighted by Gasteiger charge is -2.30. The fraction of sp³-hybridized carbons (Fsp3) is 0.409. The van der Waals surface area contributed by atoms with E-state index in [1.54, 1.807) is 0 Å². The molecule has 0 fully saturated rings. The van der Waals surface area contributed by atoms with E-state index in [9.17, 15) is 0 Å². The highest BCUT2D eigenvalue weighted by molar-refractivity contribution is 5.77. The van der Waals surface area contributed by atoms with Gasteiger partial charge in [-0.15, -0.1) is 0 Å². The van der Waals surface area contributed by atoms with Crippen LogP contribution in [0.5, 0.6) is 0 Å². The summed E-state index contributed by atoms with van der Waals surface area (Å²) in [7, 11) is 0. The number of nitrogens with one attached hydrogen (secondary N) is 1. The maximum atomic E-state index is 7.55. The lowest BCUT2D eigenvalue weighted by Crippen LogP contribution is -2.17. The summed E-state index contributed by atoms with van der Waals surface area (Å²) in [5, 5.41) is 7.55. The van der Waals surface area contributed by atoms with Crippen LogP contribution in [-0.4, -0.2) is 6.21 Å². The highest BCUT2D eigenvalue weighted by Crippen LogP contribution is 2.39. The molecule has 1 aliphatic carbocycles. The molecule has 2 heteroatoms. The molecule has 2 nitrogen and oxygen atoms in total. The van der Waals surface area contributed by atoms with E-state index >= 15 is 0 Å². The first-order chi connectivity index (χ1) is 11.3. The van der Waals surface area contributed by atoms with Gasteiger partial charge in [-0.25, -0.2) is 0 Å². The first-order valence-corrected chi connectivity index (χ1v) is 8.66. The van der Waals surface area contributed by atoms with Crippen LogP contribution in [-0.2, 0) is 0 Å². The lowest BCUT2D eigenvalue weighted by atomic mass is 9.75. The molecule has 0 heterocycles. The predicted octanol–water partition coefficient (Wildman–Crippen LogP) is 5.87. The molecule has 0 amide bonds. The molecule has 0 aromatic carbocycles. The molecule has 1 rings (SSSR count). The average Bonchev–Trinajstić information content (AvgIpc) is 2.55. The summed E-state index contributed by atoms with van der Waals surface area (Å²) in [6.07, 6.45) is 13.1. The minimum atomic E-state index is 0.487. The normalized spacial score (nSPS) is 19.9. The van der Waals surface area contributed by atoms with E-state index in [2.05, 4.69) is 52.5 Å². The van der Waals surface area contributed by atoms with Crippen molar-refractivity contribution in [3.63, 3.8) is 0 Å². The van der Waals surface area contributed by atoms with Gasteiger partial charge in [0.05, 0.1) is 0 Å². The molecule has 3 N–H and O–H groups in total. The first kappa shape index (κ1) is 20.0. The summed E-state index contributed by atoms with van der Waals surface area (Å²) in [4.78, 5) is 0. The lowest BCUT2D eigenvalue weighted by molar-refractivity contribution is 0.439. The molecule has 130 valence electrons. The van der Waals surface area contributed by atoms with E-state index in [1.165, 1.54) is 29.1 Å². The van der Waals surface area contributed by atoms with Crippen molar-refractivity contribution < 1.29 is 0 Å². The Kier molecular flexibility index (Phi) is 7.70. The highest BCUT2D eigenvalue weighted by atomic mass is 14.5. The molecule has 24 heavy (non-hydrogen) atoms. The molecular formula is C22H32N2. The van der Waals surface area contributed by atoms with Crippen LogP contribution >= 0.6 is 0 Å². The van der Waals surface area contributed by atoms with E-state index in [0.717, 1.165) is 23.1 Å². The van der Waals surface area contributed by atoms with Gasteiger partial charge < -0.3 is 11.1 Å². The maximum Gasteiger partial charge on any atom is 0.0227 e. The molecule has 0 spiro atoms. The van der Waals surface area contributed by atoms with Gasteiger partial charge in [-0.1, -0.05) is 50.3 Å². The SMILES string of the molecule is C=C(C1=CC=C(C)CC1C(C)C)/C(C/C(C=N)=C/N)=C(C)\C=C/C. The Bertz CT molecular complexity index is 637. The second-order valence-corrected chi connectivity index (χ2v) is 6.89. The summed E-state index contributed by atoms with van der Waals surface area (Å²) in [6.45, 7) is 15.3. The average molecular weight is 325 g/mol. The molecule has 0 aromatic rings. The molecule has 1 unspecified atom stereocenters. The van der Waals surface area contributed by atoms with Crippen molar-refractivity contribution in [2.24, 2.45) is 17.6 Å². The zero-order valence-corrected chi connectivity index (χ0v) is 15.8.